The van der Waals surface area contributed by atoms with Crippen molar-refractivity contribution in [3.63, 3.8) is 0 Å². The lowest BCUT2D eigenvalue weighted by molar-refractivity contribution is 0.628. The number of aromatic amines is 1. The van der Waals surface area contributed by atoms with Crippen molar-refractivity contribution in [3.05, 3.63) is 66.0 Å². The van der Waals surface area contributed by atoms with Crippen LogP contribution in [0.5, 0.6) is 0 Å². The van der Waals surface area contributed by atoms with Gasteiger partial charge >= 0.3 is 0 Å². The first-order valence-electron chi connectivity index (χ1n) is 6.11. The molecule has 2 aromatic carbocycles. The molecule has 0 saturated heterocycles. The first kappa shape index (κ1) is 11.7. The minimum atomic E-state index is -0.234. The van der Waals surface area contributed by atoms with Crippen LogP contribution >= 0.6 is 0 Å². The van der Waals surface area contributed by atoms with Gasteiger partial charge in [-0.2, -0.15) is 5.10 Å². The number of hydrogen-bond donors (Lipinski definition) is 1. The van der Waals surface area contributed by atoms with Crippen LogP contribution in [0.4, 0.5) is 4.39 Å². The van der Waals surface area contributed by atoms with Gasteiger partial charge in [0, 0.05) is 5.56 Å². The maximum absolute atomic E-state index is 12.9. The standard InChI is InChI=1S/C16H13FN2/c1-11-3-2-4-13(9-11)16-10-15(18-19-16)12-5-7-14(17)8-6-12/h2-10H,1H3,(H,18,19). The molecule has 3 rings (SSSR count). The molecule has 0 aliphatic carbocycles. The Kier molecular flexibility index (Phi) is 2.88. The van der Waals surface area contributed by atoms with Gasteiger partial charge in [0.2, 0.25) is 0 Å². The molecule has 0 radical (unpaired) electrons. The Morgan fingerprint density at radius 3 is 2.47 bits per heavy atom. The minimum absolute atomic E-state index is 0.234. The molecule has 0 aliphatic rings. The average Bonchev–Trinajstić information content (AvgIpc) is 2.89. The highest BCUT2D eigenvalue weighted by Gasteiger charge is 2.06. The van der Waals surface area contributed by atoms with Gasteiger partial charge < -0.3 is 0 Å². The van der Waals surface area contributed by atoms with Crippen molar-refractivity contribution < 1.29 is 4.39 Å². The predicted octanol–water partition coefficient (Wildman–Crippen LogP) is 4.19. The molecule has 1 N–H and O–H groups in total. The van der Waals surface area contributed by atoms with E-state index in [9.17, 15) is 4.39 Å². The Balaban J connectivity index is 1.97. The molecular weight excluding hydrogens is 239 g/mol. The molecule has 3 aromatic rings. The normalized spacial score (nSPS) is 10.6. The number of aromatic nitrogens is 2. The summed E-state index contributed by atoms with van der Waals surface area (Å²) in [6, 6.07) is 16.5. The SMILES string of the molecule is Cc1cccc(-c2cc(-c3ccc(F)cc3)[nH]n2)c1. The smallest absolute Gasteiger partial charge is 0.123 e. The van der Waals surface area contributed by atoms with Crippen molar-refractivity contribution in [2.24, 2.45) is 0 Å². The summed E-state index contributed by atoms with van der Waals surface area (Å²) in [6.45, 7) is 2.05. The summed E-state index contributed by atoms with van der Waals surface area (Å²) >= 11 is 0. The van der Waals surface area contributed by atoms with E-state index in [1.807, 2.05) is 18.2 Å². The van der Waals surface area contributed by atoms with E-state index in [-0.39, 0.29) is 5.82 Å². The monoisotopic (exact) mass is 252 g/mol. The van der Waals surface area contributed by atoms with Crippen molar-refractivity contribution in [1.82, 2.24) is 10.2 Å². The zero-order chi connectivity index (χ0) is 13.2. The third-order valence-corrected chi connectivity index (χ3v) is 3.05. The summed E-state index contributed by atoms with van der Waals surface area (Å²) in [7, 11) is 0. The highest BCUT2D eigenvalue weighted by atomic mass is 19.1. The number of halogens is 1. The van der Waals surface area contributed by atoms with Gasteiger partial charge in [-0.25, -0.2) is 4.39 Å². The van der Waals surface area contributed by atoms with Crippen LogP contribution in [0.15, 0.2) is 54.6 Å². The number of nitrogens with zero attached hydrogens (tertiary/aromatic N) is 1. The zero-order valence-corrected chi connectivity index (χ0v) is 10.5. The molecule has 0 unspecified atom stereocenters. The topological polar surface area (TPSA) is 28.7 Å². The fraction of sp³-hybridized carbons (Fsp3) is 0.0625. The molecule has 1 aromatic heterocycles. The maximum atomic E-state index is 12.9. The highest BCUT2D eigenvalue weighted by molar-refractivity contribution is 5.68. The van der Waals surface area contributed by atoms with Gasteiger partial charge in [-0.1, -0.05) is 23.8 Å². The molecule has 3 heteroatoms. The summed E-state index contributed by atoms with van der Waals surface area (Å²) in [5, 5.41) is 7.29. The summed E-state index contributed by atoms with van der Waals surface area (Å²) in [6.07, 6.45) is 0. The molecule has 0 aliphatic heterocycles. The van der Waals surface area contributed by atoms with Gasteiger partial charge in [0.15, 0.2) is 0 Å². The van der Waals surface area contributed by atoms with E-state index in [1.54, 1.807) is 12.1 Å². The minimum Gasteiger partial charge on any atom is -0.277 e. The summed E-state index contributed by atoms with van der Waals surface area (Å²) in [4.78, 5) is 0. The Bertz CT molecular complexity index is 699. The van der Waals surface area contributed by atoms with Crippen molar-refractivity contribution in [3.8, 4) is 22.5 Å². The molecule has 0 bridgehead atoms. The van der Waals surface area contributed by atoms with Crippen molar-refractivity contribution in [2.45, 2.75) is 6.92 Å². The van der Waals surface area contributed by atoms with E-state index < -0.39 is 0 Å². The zero-order valence-electron chi connectivity index (χ0n) is 10.5. The Morgan fingerprint density at radius 2 is 1.74 bits per heavy atom. The lowest BCUT2D eigenvalue weighted by Gasteiger charge is -1.97. The molecule has 19 heavy (non-hydrogen) atoms. The molecular formula is C16H13FN2. The second kappa shape index (κ2) is 4.69. The van der Waals surface area contributed by atoms with Crippen LogP contribution in [0.1, 0.15) is 5.56 Å². The van der Waals surface area contributed by atoms with Gasteiger partial charge in [-0.3, -0.25) is 5.10 Å². The molecule has 0 saturated carbocycles. The highest BCUT2D eigenvalue weighted by Crippen LogP contribution is 2.24. The second-order valence-corrected chi connectivity index (χ2v) is 4.54. The lowest BCUT2D eigenvalue weighted by Crippen LogP contribution is -1.79. The van der Waals surface area contributed by atoms with Gasteiger partial charge in [0.1, 0.15) is 5.82 Å². The average molecular weight is 252 g/mol. The van der Waals surface area contributed by atoms with E-state index >= 15 is 0 Å². The second-order valence-electron chi connectivity index (χ2n) is 4.54. The van der Waals surface area contributed by atoms with Crippen LogP contribution in [-0.4, -0.2) is 10.2 Å². The molecule has 94 valence electrons. The Morgan fingerprint density at radius 1 is 0.947 bits per heavy atom. The fourth-order valence-corrected chi connectivity index (χ4v) is 2.05. The first-order valence-corrected chi connectivity index (χ1v) is 6.11. The summed E-state index contributed by atoms with van der Waals surface area (Å²) < 4.78 is 12.9. The predicted molar refractivity (Wildman–Crippen MR) is 74.2 cm³/mol. The summed E-state index contributed by atoms with van der Waals surface area (Å²) in [5.74, 6) is -0.234. The molecule has 1 heterocycles. The van der Waals surface area contributed by atoms with Crippen molar-refractivity contribution in [2.75, 3.05) is 0 Å². The summed E-state index contributed by atoms with van der Waals surface area (Å²) in [5.41, 5.74) is 4.97. The van der Waals surface area contributed by atoms with Gasteiger partial charge in [0.05, 0.1) is 11.4 Å². The lowest BCUT2D eigenvalue weighted by atomic mass is 10.1. The van der Waals surface area contributed by atoms with Crippen LogP contribution in [0, 0.1) is 12.7 Å². The van der Waals surface area contributed by atoms with Crippen molar-refractivity contribution >= 4 is 0 Å². The maximum Gasteiger partial charge on any atom is 0.123 e. The van der Waals surface area contributed by atoms with Gasteiger partial charge in [-0.15, -0.1) is 0 Å². The molecule has 2 nitrogen and oxygen atoms in total. The van der Waals surface area contributed by atoms with E-state index in [1.165, 1.54) is 17.7 Å². The van der Waals surface area contributed by atoms with Crippen LogP contribution < -0.4 is 0 Å². The van der Waals surface area contributed by atoms with E-state index in [2.05, 4.69) is 29.3 Å². The number of H-pyrrole nitrogens is 1. The largest absolute Gasteiger partial charge is 0.277 e. The fourth-order valence-electron chi connectivity index (χ4n) is 2.05. The number of aryl methyl sites for hydroxylation is 1. The van der Waals surface area contributed by atoms with E-state index in [0.29, 0.717) is 0 Å². The molecule has 0 amide bonds. The Labute approximate surface area is 110 Å². The van der Waals surface area contributed by atoms with Crippen LogP contribution in [-0.2, 0) is 0 Å². The van der Waals surface area contributed by atoms with E-state index in [4.69, 9.17) is 0 Å². The quantitative estimate of drug-likeness (QED) is 0.727. The number of rotatable bonds is 2. The van der Waals surface area contributed by atoms with Crippen LogP contribution in [0.25, 0.3) is 22.5 Å². The third-order valence-electron chi connectivity index (χ3n) is 3.05. The first-order chi connectivity index (χ1) is 9.22. The van der Waals surface area contributed by atoms with Crippen molar-refractivity contribution in [1.29, 1.82) is 0 Å². The number of nitrogens with one attached hydrogen (secondary N) is 1. The number of hydrogen-bond acceptors (Lipinski definition) is 1. The number of benzene rings is 2. The Hall–Kier alpha value is -2.42. The van der Waals surface area contributed by atoms with Gasteiger partial charge in [-0.05, 0) is 48.9 Å². The molecule has 0 fully saturated rings. The molecule has 0 atom stereocenters. The van der Waals surface area contributed by atoms with E-state index in [0.717, 1.165) is 22.5 Å². The van der Waals surface area contributed by atoms with Crippen LogP contribution in [0.3, 0.4) is 0 Å². The molecule has 0 spiro atoms. The van der Waals surface area contributed by atoms with Gasteiger partial charge in [0.25, 0.3) is 0 Å². The third kappa shape index (κ3) is 2.40. The van der Waals surface area contributed by atoms with Crippen LogP contribution in [0.2, 0.25) is 0 Å².